The maximum atomic E-state index is 13.3. The summed E-state index contributed by atoms with van der Waals surface area (Å²) >= 11 is 12.6. The molecule has 0 aliphatic carbocycles. The molecule has 1 aromatic carbocycles. The Morgan fingerprint density at radius 2 is 1.97 bits per heavy atom. The Morgan fingerprint density at radius 3 is 2.69 bits per heavy atom. The number of hydrogen-bond acceptors (Lipinski definition) is 5. The minimum absolute atomic E-state index is 0.167. The molecule has 1 fully saturated rings. The highest BCUT2D eigenvalue weighted by molar-refractivity contribution is 6.41. The standard InChI is InChI=1S/C21H23Cl2N5O/c1-12(2)14-6-4-5-7-17(14)28-20-15(10-16(22)18(23)25-20)19(26-21(28)29)27-9-8-24-11-13(27)3/h4-7,10,12-13,24H,8-9,11H2,1-3H3. The van der Waals surface area contributed by atoms with Crippen molar-refractivity contribution in [1.29, 1.82) is 0 Å². The van der Waals surface area contributed by atoms with Gasteiger partial charge in [0, 0.05) is 25.7 Å². The van der Waals surface area contributed by atoms with Crippen LogP contribution in [0.4, 0.5) is 5.82 Å². The highest BCUT2D eigenvalue weighted by Gasteiger charge is 2.25. The van der Waals surface area contributed by atoms with Crippen LogP contribution >= 0.6 is 23.2 Å². The monoisotopic (exact) mass is 431 g/mol. The summed E-state index contributed by atoms with van der Waals surface area (Å²) in [6, 6.07) is 9.75. The zero-order chi connectivity index (χ0) is 20.7. The summed E-state index contributed by atoms with van der Waals surface area (Å²) in [5.74, 6) is 0.826. The normalized spacial score (nSPS) is 17.3. The summed E-state index contributed by atoms with van der Waals surface area (Å²) < 4.78 is 1.54. The van der Waals surface area contributed by atoms with E-state index in [1.807, 2.05) is 24.3 Å². The van der Waals surface area contributed by atoms with Gasteiger partial charge in [0.1, 0.15) is 11.0 Å². The number of piperazine rings is 1. The molecule has 1 N–H and O–H groups in total. The van der Waals surface area contributed by atoms with E-state index in [4.69, 9.17) is 23.2 Å². The molecule has 3 heterocycles. The summed E-state index contributed by atoms with van der Waals surface area (Å²) in [4.78, 5) is 24.4. The number of fused-ring (bicyclic) bond motifs is 1. The number of hydrogen-bond donors (Lipinski definition) is 1. The van der Waals surface area contributed by atoms with Crippen molar-refractivity contribution in [2.45, 2.75) is 32.7 Å². The van der Waals surface area contributed by atoms with Crippen molar-refractivity contribution in [2.75, 3.05) is 24.5 Å². The van der Waals surface area contributed by atoms with Crippen molar-refractivity contribution < 1.29 is 0 Å². The van der Waals surface area contributed by atoms with Crippen molar-refractivity contribution in [1.82, 2.24) is 19.9 Å². The van der Waals surface area contributed by atoms with Crippen molar-refractivity contribution in [2.24, 2.45) is 0 Å². The predicted octanol–water partition coefficient (Wildman–Crippen LogP) is 4.01. The SMILES string of the molecule is CC(C)c1ccccc1-n1c(=O)nc(N2CCNCC2C)c2cc(Cl)c(Cl)nc21. The van der Waals surface area contributed by atoms with Crippen LogP contribution in [0.3, 0.4) is 0 Å². The number of para-hydroxylation sites is 1. The van der Waals surface area contributed by atoms with Crippen LogP contribution in [0.15, 0.2) is 35.1 Å². The Bertz CT molecular complexity index is 1130. The summed E-state index contributed by atoms with van der Waals surface area (Å²) in [5.41, 5.74) is 1.88. The molecule has 1 unspecified atom stereocenters. The quantitative estimate of drug-likeness (QED) is 0.634. The van der Waals surface area contributed by atoms with Crippen LogP contribution in [0.5, 0.6) is 0 Å². The summed E-state index contributed by atoms with van der Waals surface area (Å²) in [6.07, 6.45) is 0. The van der Waals surface area contributed by atoms with E-state index in [0.717, 1.165) is 30.9 Å². The molecule has 4 rings (SSSR count). The van der Waals surface area contributed by atoms with E-state index in [-0.39, 0.29) is 22.8 Å². The molecular formula is C21H23Cl2N5O. The van der Waals surface area contributed by atoms with E-state index < -0.39 is 0 Å². The summed E-state index contributed by atoms with van der Waals surface area (Å²) in [7, 11) is 0. The number of rotatable bonds is 3. The van der Waals surface area contributed by atoms with Gasteiger partial charge in [0.25, 0.3) is 0 Å². The molecule has 1 atom stereocenters. The van der Waals surface area contributed by atoms with E-state index >= 15 is 0 Å². The lowest BCUT2D eigenvalue weighted by Gasteiger charge is -2.35. The number of benzene rings is 1. The second kappa shape index (κ2) is 7.94. The second-order valence-corrected chi connectivity index (χ2v) is 8.41. The van der Waals surface area contributed by atoms with Gasteiger partial charge < -0.3 is 10.2 Å². The number of halogens is 2. The number of aromatic nitrogens is 3. The fourth-order valence-electron chi connectivity index (χ4n) is 3.85. The van der Waals surface area contributed by atoms with Crippen LogP contribution in [0.2, 0.25) is 10.2 Å². The molecule has 1 saturated heterocycles. The average molecular weight is 432 g/mol. The van der Waals surface area contributed by atoms with Crippen molar-refractivity contribution in [3.63, 3.8) is 0 Å². The third-order valence-electron chi connectivity index (χ3n) is 5.33. The molecule has 3 aromatic rings. The molecule has 2 aromatic heterocycles. The first-order chi connectivity index (χ1) is 13.9. The molecule has 6 nitrogen and oxygen atoms in total. The van der Waals surface area contributed by atoms with E-state index in [1.54, 1.807) is 10.6 Å². The lowest BCUT2D eigenvalue weighted by molar-refractivity contribution is 0.497. The second-order valence-electron chi connectivity index (χ2n) is 7.65. The van der Waals surface area contributed by atoms with Crippen LogP contribution in [-0.2, 0) is 0 Å². The Labute approximate surface area is 179 Å². The number of pyridine rings is 1. The van der Waals surface area contributed by atoms with E-state index in [0.29, 0.717) is 21.9 Å². The van der Waals surface area contributed by atoms with Crippen LogP contribution in [0, 0.1) is 0 Å². The zero-order valence-corrected chi connectivity index (χ0v) is 18.1. The first-order valence-electron chi connectivity index (χ1n) is 9.74. The fourth-order valence-corrected chi connectivity index (χ4v) is 4.14. The Morgan fingerprint density at radius 1 is 1.21 bits per heavy atom. The lowest BCUT2D eigenvalue weighted by atomic mass is 10.0. The van der Waals surface area contributed by atoms with Gasteiger partial charge in [-0.05, 0) is 30.5 Å². The molecule has 29 heavy (non-hydrogen) atoms. The zero-order valence-electron chi connectivity index (χ0n) is 16.6. The molecule has 0 radical (unpaired) electrons. The van der Waals surface area contributed by atoms with E-state index in [2.05, 4.69) is 41.0 Å². The number of nitrogens with one attached hydrogen (secondary N) is 1. The third kappa shape index (κ3) is 3.61. The maximum absolute atomic E-state index is 13.3. The third-order valence-corrected chi connectivity index (χ3v) is 6.00. The Balaban J connectivity index is 2.06. The Hall–Kier alpha value is -2.15. The Kier molecular flexibility index (Phi) is 5.51. The summed E-state index contributed by atoms with van der Waals surface area (Å²) in [6.45, 7) is 8.67. The van der Waals surface area contributed by atoms with Gasteiger partial charge >= 0.3 is 5.69 Å². The van der Waals surface area contributed by atoms with Crippen LogP contribution in [0.25, 0.3) is 16.7 Å². The van der Waals surface area contributed by atoms with Crippen LogP contribution in [0.1, 0.15) is 32.3 Å². The molecule has 0 bridgehead atoms. The number of nitrogens with zero attached hydrogens (tertiary/aromatic N) is 4. The van der Waals surface area contributed by atoms with Gasteiger partial charge in [-0.25, -0.2) is 14.3 Å². The molecule has 0 spiro atoms. The predicted molar refractivity (Wildman–Crippen MR) is 119 cm³/mol. The molecular weight excluding hydrogens is 409 g/mol. The van der Waals surface area contributed by atoms with Gasteiger partial charge in [0.2, 0.25) is 0 Å². The minimum Gasteiger partial charge on any atom is -0.351 e. The van der Waals surface area contributed by atoms with Gasteiger partial charge in [-0.2, -0.15) is 4.98 Å². The highest BCUT2D eigenvalue weighted by Crippen LogP contribution is 2.32. The van der Waals surface area contributed by atoms with Gasteiger partial charge in [-0.15, -0.1) is 0 Å². The topological polar surface area (TPSA) is 63.1 Å². The largest absolute Gasteiger partial charge is 0.355 e. The fraction of sp³-hybridized carbons (Fsp3) is 0.381. The van der Waals surface area contributed by atoms with Crippen molar-refractivity contribution in [3.8, 4) is 5.69 Å². The van der Waals surface area contributed by atoms with Crippen LogP contribution < -0.4 is 15.9 Å². The molecule has 0 amide bonds. The first kappa shape index (κ1) is 20.1. The number of anilines is 1. The lowest BCUT2D eigenvalue weighted by Crippen LogP contribution is -2.50. The van der Waals surface area contributed by atoms with Gasteiger partial charge in [0.05, 0.1) is 16.1 Å². The average Bonchev–Trinajstić information content (AvgIpc) is 2.69. The molecule has 1 aliphatic rings. The first-order valence-corrected chi connectivity index (χ1v) is 10.5. The van der Waals surface area contributed by atoms with Crippen molar-refractivity contribution in [3.05, 3.63) is 56.6 Å². The smallest absolute Gasteiger partial charge is 0.351 e. The van der Waals surface area contributed by atoms with Crippen LogP contribution in [-0.4, -0.2) is 40.2 Å². The summed E-state index contributed by atoms with van der Waals surface area (Å²) in [5, 5.41) is 4.58. The molecule has 8 heteroatoms. The molecule has 1 aliphatic heterocycles. The van der Waals surface area contributed by atoms with Crippen molar-refractivity contribution >= 4 is 40.1 Å². The molecule has 152 valence electrons. The maximum Gasteiger partial charge on any atom is 0.355 e. The van der Waals surface area contributed by atoms with E-state index in [9.17, 15) is 4.79 Å². The van der Waals surface area contributed by atoms with E-state index in [1.165, 1.54) is 0 Å². The minimum atomic E-state index is -0.378. The highest BCUT2D eigenvalue weighted by atomic mass is 35.5. The van der Waals surface area contributed by atoms with Gasteiger partial charge in [-0.3, -0.25) is 0 Å². The molecule has 0 saturated carbocycles. The van der Waals surface area contributed by atoms with Gasteiger partial charge in [0.15, 0.2) is 5.65 Å². The van der Waals surface area contributed by atoms with Gasteiger partial charge in [-0.1, -0.05) is 55.2 Å².